The molecule has 4 heteroatoms. The zero-order valence-corrected chi connectivity index (χ0v) is 14.3. The number of hydrogen-bond acceptors (Lipinski definition) is 2. The first-order valence-corrected chi connectivity index (χ1v) is 8.28. The minimum Gasteiger partial charge on any atom is -0.351 e. The molecule has 1 heterocycles. The highest BCUT2D eigenvalue weighted by atomic mass is 35.5. The fraction of sp³-hybridized carbons (Fsp3) is 0.611. The highest BCUT2D eigenvalue weighted by Gasteiger charge is 2.32. The Kier molecular flexibility index (Phi) is 5.87. The molecule has 0 aromatic heterocycles. The van der Waals surface area contributed by atoms with E-state index in [-0.39, 0.29) is 30.3 Å². The van der Waals surface area contributed by atoms with Gasteiger partial charge in [-0.1, -0.05) is 31.2 Å². The van der Waals surface area contributed by atoms with Crippen molar-refractivity contribution in [2.45, 2.75) is 57.5 Å². The molecule has 3 rings (SSSR count). The van der Waals surface area contributed by atoms with E-state index in [0.29, 0.717) is 12.0 Å². The van der Waals surface area contributed by atoms with Gasteiger partial charge in [0.2, 0.25) is 5.91 Å². The maximum Gasteiger partial charge on any atom is 0.227 e. The van der Waals surface area contributed by atoms with E-state index in [4.69, 9.17) is 0 Å². The minimum absolute atomic E-state index is 0. The van der Waals surface area contributed by atoms with Crippen LogP contribution >= 0.6 is 12.4 Å². The lowest BCUT2D eigenvalue weighted by Crippen LogP contribution is -2.56. The second-order valence-corrected chi connectivity index (χ2v) is 6.69. The Labute approximate surface area is 139 Å². The summed E-state index contributed by atoms with van der Waals surface area (Å²) in [6.07, 6.45) is 4.34. The molecule has 22 heavy (non-hydrogen) atoms. The second-order valence-electron chi connectivity index (χ2n) is 6.69. The molecule has 122 valence electrons. The van der Waals surface area contributed by atoms with Crippen LogP contribution in [0.25, 0.3) is 0 Å². The Morgan fingerprint density at radius 2 is 2.00 bits per heavy atom. The molecule has 2 aliphatic rings. The second kappa shape index (κ2) is 7.47. The summed E-state index contributed by atoms with van der Waals surface area (Å²) in [6.45, 7) is 5.48. The molecule has 3 nitrogen and oxygen atoms in total. The summed E-state index contributed by atoms with van der Waals surface area (Å²) in [7, 11) is 0. The maximum absolute atomic E-state index is 12.8. The smallest absolute Gasteiger partial charge is 0.227 e. The fourth-order valence-corrected chi connectivity index (χ4v) is 3.90. The van der Waals surface area contributed by atoms with Gasteiger partial charge in [0.05, 0.1) is 5.92 Å². The number of piperidine rings is 1. The largest absolute Gasteiger partial charge is 0.351 e. The number of nitrogens with one attached hydrogen (secondary N) is 2. The Hall–Kier alpha value is -1.06. The third kappa shape index (κ3) is 3.47. The van der Waals surface area contributed by atoms with Crippen LogP contribution in [0.15, 0.2) is 24.3 Å². The molecule has 2 N–H and O–H groups in total. The first kappa shape index (κ1) is 17.3. The van der Waals surface area contributed by atoms with Crippen molar-refractivity contribution in [3.63, 3.8) is 0 Å². The molecule has 0 spiro atoms. The molecule has 4 atom stereocenters. The minimum atomic E-state index is 0. The van der Waals surface area contributed by atoms with Gasteiger partial charge in [-0.3, -0.25) is 4.79 Å². The van der Waals surface area contributed by atoms with Gasteiger partial charge in [-0.2, -0.15) is 0 Å². The zero-order chi connectivity index (χ0) is 14.8. The van der Waals surface area contributed by atoms with Crippen LogP contribution in [-0.2, 0) is 11.2 Å². The van der Waals surface area contributed by atoms with Gasteiger partial charge in [-0.05, 0) is 56.2 Å². The van der Waals surface area contributed by atoms with E-state index < -0.39 is 0 Å². The lowest BCUT2D eigenvalue weighted by molar-refractivity contribution is -0.124. The predicted molar refractivity (Wildman–Crippen MR) is 92.5 cm³/mol. The van der Waals surface area contributed by atoms with Gasteiger partial charge in [0.1, 0.15) is 0 Å². The third-order valence-corrected chi connectivity index (χ3v) is 5.21. The van der Waals surface area contributed by atoms with E-state index in [2.05, 4.69) is 48.7 Å². The van der Waals surface area contributed by atoms with Crippen molar-refractivity contribution in [1.29, 1.82) is 0 Å². The molecule has 1 aromatic rings. The summed E-state index contributed by atoms with van der Waals surface area (Å²) in [5.41, 5.74) is 2.59. The lowest BCUT2D eigenvalue weighted by atomic mass is 9.81. The van der Waals surface area contributed by atoms with Crippen molar-refractivity contribution >= 4 is 18.3 Å². The molecule has 0 radical (unpaired) electrons. The SMILES string of the molecule is CC1CCNC(C)C1NC(=O)C1CCCc2ccccc21.Cl. The number of fused-ring (bicyclic) bond motifs is 1. The first-order valence-electron chi connectivity index (χ1n) is 8.28. The number of aryl methyl sites for hydroxylation is 1. The van der Waals surface area contributed by atoms with Crippen molar-refractivity contribution in [3.05, 3.63) is 35.4 Å². The van der Waals surface area contributed by atoms with E-state index >= 15 is 0 Å². The Morgan fingerprint density at radius 3 is 2.77 bits per heavy atom. The molecule has 4 unspecified atom stereocenters. The summed E-state index contributed by atoms with van der Waals surface area (Å²) in [5.74, 6) is 0.801. The molecule has 0 saturated carbocycles. The summed E-state index contributed by atoms with van der Waals surface area (Å²) in [6, 6.07) is 9.04. The molecule has 1 aliphatic heterocycles. The van der Waals surface area contributed by atoms with E-state index in [9.17, 15) is 4.79 Å². The predicted octanol–water partition coefficient (Wildman–Crippen LogP) is 3.03. The van der Waals surface area contributed by atoms with Gasteiger partial charge in [-0.25, -0.2) is 0 Å². The summed E-state index contributed by atoms with van der Waals surface area (Å²) < 4.78 is 0. The van der Waals surface area contributed by atoms with E-state index in [1.54, 1.807) is 0 Å². The monoisotopic (exact) mass is 322 g/mol. The van der Waals surface area contributed by atoms with Crippen molar-refractivity contribution in [1.82, 2.24) is 10.6 Å². The molecular weight excluding hydrogens is 296 g/mol. The highest BCUT2D eigenvalue weighted by Crippen LogP contribution is 2.32. The normalized spacial score (nSPS) is 30.8. The lowest BCUT2D eigenvalue weighted by Gasteiger charge is -2.37. The third-order valence-electron chi connectivity index (χ3n) is 5.21. The number of carbonyl (C=O) groups is 1. The van der Waals surface area contributed by atoms with Gasteiger partial charge < -0.3 is 10.6 Å². The van der Waals surface area contributed by atoms with Gasteiger partial charge in [0.15, 0.2) is 0 Å². The van der Waals surface area contributed by atoms with Crippen LogP contribution < -0.4 is 10.6 Å². The number of carbonyl (C=O) groups excluding carboxylic acids is 1. The van der Waals surface area contributed by atoms with Crippen LogP contribution in [-0.4, -0.2) is 24.5 Å². The number of hydrogen-bond donors (Lipinski definition) is 2. The van der Waals surface area contributed by atoms with Gasteiger partial charge >= 0.3 is 0 Å². The van der Waals surface area contributed by atoms with Gasteiger partial charge in [0.25, 0.3) is 0 Å². The van der Waals surface area contributed by atoms with E-state index in [1.165, 1.54) is 11.1 Å². The van der Waals surface area contributed by atoms with Crippen LogP contribution in [0, 0.1) is 5.92 Å². The molecule has 1 aromatic carbocycles. The average molecular weight is 323 g/mol. The van der Waals surface area contributed by atoms with Crippen molar-refractivity contribution in [3.8, 4) is 0 Å². The Balaban J connectivity index is 0.00000176. The van der Waals surface area contributed by atoms with E-state index in [1.807, 2.05) is 0 Å². The molecule has 1 aliphatic carbocycles. The van der Waals surface area contributed by atoms with Crippen LogP contribution in [0.4, 0.5) is 0 Å². The average Bonchev–Trinajstić information content (AvgIpc) is 2.50. The molecule has 1 saturated heterocycles. The highest BCUT2D eigenvalue weighted by molar-refractivity contribution is 5.85. The van der Waals surface area contributed by atoms with E-state index in [0.717, 1.165) is 32.2 Å². The Bertz CT molecular complexity index is 510. The Morgan fingerprint density at radius 1 is 1.23 bits per heavy atom. The van der Waals surface area contributed by atoms with Gasteiger partial charge in [0, 0.05) is 12.1 Å². The maximum atomic E-state index is 12.8. The molecular formula is C18H27ClN2O. The quantitative estimate of drug-likeness (QED) is 0.878. The van der Waals surface area contributed by atoms with Crippen LogP contribution in [0.2, 0.25) is 0 Å². The van der Waals surface area contributed by atoms with Crippen LogP contribution in [0.5, 0.6) is 0 Å². The number of amides is 1. The standard InChI is InChI=1S/C18H26N2O.ClH/c1-12-10-11-19-13(2)17(12)20-18(21)16-9-5-7-14-6-3-4-8-15(14)16;/h3-4,6,8,12-13,16-17,19H,5,7,9-11H2,1-2H3,(H,20,21);1H. The first-order chi connectivity index (χ1) is 10.2. The summed E-state index contributed by atoms with van der Waals surface area (Å²) in [5, 5.41) is 6.80. The van der Waals surface area contributed by atoms with Crippen molar-refractivity contribution < 1.29 is 4.79 Å². The molecule has 1 amide bonds. The van der Waals surface area contributed by atoms with Crippen LogP contribution in [0.3, 0.4) is 0 Å². The molecule has 0 bridgehead atoms. The van der Waals surface area contributed by atoms with Crippen molar-refractivity contribution in [2.75, 3.05) is 6.54 Å². The fourth-order valence-electron chi connectivity index (χ4n) is 3.90. The van der Waals surface area contributed by atoms with Crippen molar-refractivity contribution in [2.24, 2.45) is 5.92 Å². The van der Waals surface area contributed by atoms with Crippen LogP contribution in [0.1, 0.15) is 50.2 Å². The van der Waals surface area contributed by atoms with Gasteiger partial charge in [-0.15, -0.1) is 12.4 Å². The number of halogens is 1. The number of rotatable bonds is 2. The number of benzene rings is 1. The molecule has 1 fully saturated rings. The summed E-state index contributed by atoms with van der Waals surface area (Å²) in [4.78, 5) is 12.8. The topological polar surface area (TPSA) is 41.1 Å². The summed E-state index contributed by atoms with van der Waals surface area (Å²) >= 11 is 0. The zero-order valence-electron chi connectivity index (χ0n) is 13.5.